The second-order valence-corrected chi connectivity index (χ2v) is 5.67. The summed E-state index contributed by atoms with van der Waals surface area (Å²) in [6.07, 6.45) is 0. The summed E-state index contributed by atoms with van der Waals surface area (Å²) in [6, 6.07) is 14.3. The van der Waals surface area contributed by atoms with Gasteiger partial charge in [0, 0.05) is 16.1 Å². The second kappa shape index (κ2) is 6.47. The van der Waals surface area contributed by atoms with Crippen LogP contribution in [0.4, 0.5) is 0 Å². The SMILES string of the molecule is COC(=O)c1c(C[NH3+])c(=O)c2ccc(Cl)cc2n1-c1ccccc1. The maximum atomic E-state index is 12.8. The topological polar surface area (TPSA) is 75.9 Å². The van der Waals surface area contributed by atoms with Gasteiger partial charge in [0.05, 0.1) is 18.2 Å². The zero-order valence-corrected chi connectivity index (χ0v) is 13.8. The molecule has 0 amide bonds. The first kappa shape index (κ1) is 16.2. The number of aromatic nitrogens is 1. The zero-order chi connectivity index (χ0) is 17.3. The first-order chi connectivity index (χ1) is 11.6. The molecule has 1 aromatic heterocycles. The standard InChI is InChI=1S/C18H15ClN2O3/c1-24-18(23)16-14(10-20)17(22)13-8-7-11(19)9-15(13)21(16)12-5-3-2-4-6-12/h2-9H,10,20H2,1H3/p+1. The number of para-hydroxylation sites is 1. The van der Waals surface area contributed by atoms with E-state index in [4.69, 9.17) is 16.3 Å². The van der Waals surface area contributed by atoms with Crippen LogP contribution in [0.15, 0.2) is 53.3 Å². The Bertz CT molecular complexity index is 981. The molecule has 0 aliphatic rings. The largest absolute Gasteiger partial charge is 0.464 e. The minimum atomic E-state index is -0.587. The molecule has 6 heteroatoms. The van der Waals surface area contributed by atoms with Gasteiger partial charge in [-0.2, -0.15) is 0 Å². The molecule has 122 valence electrons. The molecule has 0 fully saturated rings. The van der Waals surface area contributed by atoms with Crippen molar-refractivity contribution >= 4 is 28.5 Å². The van der Waals surface area contributed by atoms with Crippen molar-refractivity contribution in [3.05, 3.63) is 75.0 Å². The Morgan fingerprint density at radius 3 is 2.54 bits per heavy atom. The van der Waals surface area contributed by atoms with Crippen molar-refractivity contribution in [3.8, 4) is 5.69 Å². The summed E-state index contributed by atoms with van der Waals surface area (Å²) in [5.41, 5.74) is 5.36. The lowest BCUT2D eigenvalue weighted by molar-refractivity contribution is -0.386. The third kappa shape index (κ3) is 2.58. The number of rotatable bonds is 3. The van der Waals surface area contributed by atoms with Crippen LogP contribution in [0.25, 0.3) is 16.6 Å². The quantitative estimate of drug-likeness (QED) is 0.740. The highest BCUT2D eigenvalue weighted by Crippen LogP contribution is 2.25. The molecule has 3 N–H and O–H groups in total. The Morgan fingerprint density at radius 2 is 1.92 bits per heavy atom. The molecule has 0 bridgehead atoms. The molecule has 0 unspecified atom stereocenters. The fourth-order valence-corrected chi connectivity index (χ4v) is 2.96. The Morgan fingerprint density at radius 1 is 1.21 bits per heavy atom. The van der Waals surface area contributed by atoms with E-state index in [0.29, 0.717) is 21.5 Å². The number of esters is 1. The zero-order valence-electron chi connectivity index (χ0n) is 13.1. The number of pyridine rings is 1. The molecule has 0 aliphatic carbocycles. The maximum absolute atomic E-state index is 12.8. The first-order valence-electron chi connectivity index (χ1n) is 7.38. The van der Waals surface area contributed by atoms with E-state index in [9.17, 15) is 9.59 Å². The predicted molar refractivity (Wildman–Crippen MR) is 92.5 cm³/mol. The van der Waals surface area contributed by atoms with E-state index < -0.39 is 5.97 Å². The highest BCUT2D eigenvalue weighted by molar-refractivity contribution is 6.31. The number of ether oxygens (including phenoxy) is 1. The molecule has 0 saturated heterocycles. The molecule has 0 aliphatic heterocycles. The van der Waals surface area contributed by atoms with Gasteiger partial charge >= 0.3 is 5.97 Å². The monoisotopic (exact) mass is 343 g/mol. The summed E-state index contributed by atoms with van der Waals surface area (Å²) >= 11 is 6.13. The van der Waals surface area contributed by atoms with Gasteiger partial charge in [-0.05, 0) is 30.3 Å². The van der Waals surface area contributed by atoms with Gasteiger partial charge in [-0.1, -0.05) is 29.8 Å². The Hall–Kier alpha value is -2.63. The molecule has 0 radical (unpaired) electrons. The van der Waals surface area contributed by atoms with E-state index in [1.807, 2.05) is 30.3 Å². The number of benzene rings is 2. The maximum Gasteiger partial charge on any atom is 0.355 e. The van der Waals surface area contributed by atoms with E-state index >= 15 is 0 Å². The third-order valence-electron chi connectivity index (χ3n) is 3.87. The Balaban J connectivity index is 2.58. The average molecular weight is 344 g/mol. The van der Waals surface area contributed by atoms with Gasteiger partial charge in [0.25, 0.3) is 0 Å². The summed E-state index contributed by atoms with van der Waals surface area (Å²) in [4.78, 5) is 25.2. The third-order valence-corrected chi connectivity index (χ3v) is 4.11. The number of quaternary nitrogens is 1. The number of halogens is 1. The summed E-state index contributed by atoms with van der Waals surface area (Å²) in [5.74, 6) is -0.587. The molecule has 2 aromatic carbocycles. The van der Waals surface area contributed by atoms with Crippen molar-refractivity contribution in [2.75, 3.05) is 7.11 Å². The number of fused-ring (bicyclic) bond motifs is 1. The Labute approximate surface area is 143 Å². The van der Waals surface area contributed by atoms with Crippen molar-refractivity contribution in [2.24, 2.45) is 0 Å². The highest BCUT2D eigenvalue weighted by atomic mass is 35.5. The lowest BCUT2D eigenvalue weighted by Crippen LogP contribution is -2.50. The smallest absolute Gasteiger partial charge is 0.355 e. The van der Waals surface area contributed by atoms with Crippen molar-refractivity contribution in [1.82, 2.24) is 4.57 Å². The van der Waals surface area contributed by atoms with Crippen LogP contribution in [0.3, 0.4) is 0 Å². The molecule has 0 atom stereocenters. The van der Waals surface area contributed by atoms with Crippen molar-refractivity contribution in [3.63, 3.8) is 0 Å². The van der Waals surface area contributed by atoms with E-state index in [0.717, 1.165) is 5.69 Å². The van der Waals surface area contributed by atoms with Gasteiger partial charge in [0.1, 0.15) is 12.2 Å². The van der Waals surface area contributed by atoms with Crippen LogP contribution in [0.1, 0.15) is 16.1 Å². The van der Waals surface area contributed by atoms with Crippen LogP contribution in [0, 0.1) is 0 Å². The van der Waals surface area contributed by atoms with Crippen LogP contribution in [0.2, 0.25) is 5.02 Å². The minimum Gasteiger partial charge on any atom is -0.464 e. The van der Waals surface area contributed by atoms with E-state index in [1.54, 1.807) is 22.8 Å². The molecule has 0 spiro atoms. The van der Waals surface area contributed by atoms with E-state index in [-0.39, 0.29) is 17.7 Å². The van der Waals surface area contributed by atoms with Crippen LogP contribution in [-0.2, 0) is 11.3 Å². The first-order valence-corrected chi connectivity index (χ1v) is 7.76. The molecular weight excluding hydrogens is 328 g/mol. The second-order valence-electron chi connectivity index (χ2n) is 5.23. The number of nitrogens with zero attached hydrogens (tertiary/aromatic N) is 1. The van der Waals surface area contributed by atoms with E-state index in [2.05, 4.69) is 5.73 Å². The summed E-state index contributed by atoms with van der Waals surface area (Å²) < 4.78 is 6.62. The van der Waals surface area contributed by atoms with Gasteiger partial charge < -0.3 is 15.0 Å². The molecule has 1 heterocycles. The number of methoxy groups -OCH3 is 1. The molecular formula is C18H16ClN2O3+. The highest BCUT2D eigenvalue weighted by Gasteiger charge is 2.24. The number of carbonyl (C=O) groups excluding carboxylic acids is 1. The predicted octanol–water partition coefficient (Wildman–Crippen LogP) is 2.17. The van der Waals surface area contributed by atoms with Gasteiger partial charge in [-0.15, -0.1) is 0 Å². The minimum absolute atomic E-state index is 0.175. The molecule has 24 heavy (non-hydrogen) atoms. The van der Waals surface area contributed by atoms with Crippen LogP contribution >= 0.6 is 11.6 Å². The van der Waals surface area contributed by atoms with Gasteiger partial charge in [-0.3, -0.25) is 4.79 Å². The van der Waals surface area contributed by atoms with Crippen molar-refractivity contribution in [1.29, 1.82) is 0 Å². The fourth-order valence-electron chi connectivity index (χ4n) is 2.80. The number of hydrogen-bond donors (Lipinski definition) is 1. The van der Waals surface area contributed by atoms with E-state index in [1.165, 1.54) is 7.11 Å². The summed E-state index contributed by atoms with van der Waals surface area (Å²) in [7, 11) is 1.29. The van der Waals surface area contributed by atoms with Gasteiger partial charge in [0.15, 0.2) is 5.43 Å². The number of hydrogen-bond acceptors (Lipinski definition) is 3. The molecule has 3 aromatic rings. The van der Waals surface area contributed by atoms with Crippen molar-refractivity contribution in [2.45, 2.75) is 6.54 Å². The average Bonchev–Trinajstić information content (AvgIpc) is 2.61. The molecule has 5 nitrogen and oxygen atoms in total. The lowest BCUT2D eigenvalue weighted by atomic mass is 10.1. The summed E-state index contributed by atoms with van der Waals surface area (Å²) in [5, 5.41) is 0.958. The summed E-state index contributed by atoms with van der Waals surface area (Å²) in [6.45, 7) is 0.175. The van der Waals surface area contributed by atoms with Crippen LogP contribution in [-0.4, -0.2) is 17.6 Å². The normalized spacial score (nSPS) is 10.8. The lowest BCUT2D eigenvalue weighted by Gasteiger charge is -2.18. The van der Waals surface area contributed by atoms with Crippen molar-refractivity contribution < 1.29 is 15.3 Å². The molecule has 0 saturated carbocycles. The number of carbonyl (C=O) groups is 1. The van der Waals surface area contributed by atoms with Crippen LogP contribution in [0.5, 0.6) is 0 Å². The fraction of sp³-hybridized carbons (Fsp3) is 0.111. The molecule has 3 rings (SSSR count). The van der Waals surface area contributed by atoms with Gasteiger partial charge in [-0.25, -0.2) is 4.79 Å². The Kier molecular flexibility index (Phi) is 4.38. The van der Waals surface area contributed by atoms with Crippen LogP contribution < -0.4 is 11.2 Å². The van der Waals surface area contributed by atoms with Gasteiger partial charge in [0.2, 0.25) is 0 Å².